The highest BCUT2D eigenvalue weighted by Gasteiger charge is 2.26. The molecule has 0 spiro atoms. The van der Waals surface area contributed by atoms with Crippen LogP contribution in [0.2, 0.25) is 0 Å². The fraction of sp³-hybridized carbons (Fsp3) is 0.400. The molecule has 1 unspecified atom stereocenters. The van der Waals surface area contributed by atoms with Crippen LogP contribution < -0.4 is 4.90 Å². The minimum atomic E-state index is 0.260. The number of hydrogen-bond acceptors (Lipinski definition) is 2. The second-order valence-electron chi connectivity index (χ2n) is 3.29. The average molecular weight is 242 g/mol. The number of aliphatic hydroxyl groups is 1. The molecule has 2 rings (SSSR count). The highest BCUT2D eigenvalue weighted by molar-refractivity contribution is 9.10. The first-order chi connectivity index (χ1) is 6.31. The van der Waals surface area contributed by atoms with Gasteiger partial charge in [0.25, 0.3) is 0 Å². The number of rotatable bonds is 2. The summed E-state index contributed by atoms with van der Waals surface area (Å²) in [6.45, 7) is 1.32. The van der Waals surface area contributed by atoms with Crippen LogP contribution in [0.25, 0.3) is 0 Å². The van der Waals surface area contributed by atoms with E-state index in [1.54, 1.807) is 0 Å². The van der Waals surface area contributed by atoms with Gasteiger partial charge in [-0.3, -0.25) is 0 Å². The summed E-state index contributed by atoms with van der Waals surface area (Å²) in [5.74, 6) is 0. The fourth-order valence-corrected chi connectivity index (χ4v) is 1.87. The summed E-state index contributed by atoms with van der Waals surface area (Å²) in [5, 5.41) is 9.02. The van der Waals surface area contributed by atoms with Gasteiger partial charge < -0.3 is 10.0 Å². The number of nitrogens with zero attached hydrogens (tertiary/aromatic N) is 1. The van der Waals surface area contributed by atoms with E-state index in [2.05, 4.69) is 33.0 Å². The zero-order valence-corrected chi connectivity index (χ0v) is 8.87. The molecule has 1 aromatic rings. The Morgan fingerprint density at radius 3 is 2.54 bits per heavy atom. The molecule has 1 aromatic carbocycles. The van der Waals surface area contributed by atoms with Crippen LogP contribution in [0.4, 0.5) is 5.69 Å². The lowest BCUT2D eigenvalue weighted by atomic mass is 10.0. The molecule has 0 aromatic heterocycles. The summed E-state index contributed by atoms with van der Waals surface area (Å²) < 4.78 is 1.09. The molecule has 0 aliphatic carbocycles. The number of aliphatic hydroxyl groups excluding tert-OH is 1. The third-order valence-electron chi connectivity index (χ3n) is 2.51. The van der Waals surface area contributed by atoms with Crippen LogP contribution in [0.5, 0.6) is 0 Å². The summed E-state index contributed by atoms with van der Waals surface area (Å²) in [4.78, 5) is 2.23. The van der Waals surface area contributed by atoms with E-state index < -0.39 is 0 Å². The van der Waals surface area contributed by atoms with Crippen molar-refractivity contribution in [2.75, 3.05) is 18.1 Å². The summed E-state index contributed by atoms with van der Waals surface area (Å²) >= 11 is 3.40. The van der Waals surface area contributed by atoms with Gasteiger partial charge in [0.05, 0.1) is 12.6 Å². The quantitative estimate of drug-likeness (QED) is 0.857. The average Bonchev–Trinajstić information content (AvgIpc) is 2.08. The molecule has 1 aliphatic rings. The van der Waals surface area contributed by atoms with Crippen molar-refractivity contribution < 1.29 is 5.11 Å². The molecule has 0 bridgehead atoms. The molecule has 70 valence electrons. The fourth-order valence-electron chi connectivity index (χ4n) is 1.60. The van der Waals surface area contributed by atoms with Crippen molar-refractivity contribution >= 4 is 21.6 Å². The molecule has 1 saturated heterocycles. The predicted molar refractivity (Wildman–Crippen MR) is 57.0 cm³/mol. The second-order valence-corrected chi connectivity index (χ2v) is 4.21. The maximum atomic E-state index is 9.02. The van der Waals surface area contributed by atoms with Crippen LogP contribution in [0.3, 0.4) is 0 Å². The Bertz CT molecular complexity index is 283. The first kappa shape index (κ1) is 9.03. The third-order valence-corrected chi connectivity index (χ3v) is 3.04. The van der Waals surface area contributed by atoms with E-state index in [1.807, 2.05) is 12.1 Å². The monoisotopic (exact) mass is 241 g/mol. The Hall–Kier alpha value is -0.540. The number of hydrogen-bond donors (Lipinski definition) is 1. The topological polar surface area (TPSA) is 23.5 Å². The molecule has 1 fully saturated rings. The van der Waals surface area contributed by atoms with Gasteiger partial charge in [0.2, 0.25) is 0 Å². The molecule has 3 heteroatoms. The molecule has 1 aliphatic heterocycles. The predicted octanol–water partition coefficient (Wildman–Crippen LogP) is 2.02. The molecule has 1 heterocycles. The number of anilines is 1. The van der Waals surface area contributed by atoms with Gasteiger partial charge in [0.1, 0.15) is 0 Å². The van der Waals surface area contributed by atoms with Gasteiger partial charge in [-0.1, -0.05) is 15.9 Å². The zero-order valence-electron chi connectivity index (χ0n) is 7.28. The molecule has 1 atom stereocenters. The van der Waals surface area contributed by atoms with Gasteiger partial charge in [0, 0.05) is 16.7 Å². The van der Waals surface area contributed by atoms with Crippen molar-refractivity contribution in [3.8, 4) is 0 Å². The lowest BCUT2D eigenvalue weighted by Crippen LogP contribution is -2.49. The molecule has 13 heavy (non-hydrogen) atoms. The lowest BCUT2D eigenvalue weighted by Gasteiger charge is -2.41. The van der Waals surface area contributed by atoms with Crippen molar-refractivity contribution in [2.24, 2.45) is 0 Å². The van der Waals surface area contributed by atoms with E-state index in [0.717, 1.165) is 17.4 Å². The molecule has 0 radical (unpaired) electrons. The Balaban J connectivity index is 2.12. The van der Waals surface area contributed by atoms with Crippen LogP contribution in [-0.4, -0.2) is 24.3 Å². The molecular formula is C10H12BrNO. The molecular weight excluding hydrogens is 230 g/mol. The van der Waals surface area contributed by atoms with Crippen LogP contribution in [0, 0.1) is 0 Å². The normalized spacial score (nSPS) is 21.4. The van der Waals surface area contributed by atoms with Gasteiger partial charge >= 0.3 is 0 Å². The van der Waals surface area contributed by atoms with E-state index >= 15 is 0 Å². The van der Waals surface area contributed by atoms with Gasteiger partial charge in [-0.25, -0.2) is 0 Å². The SMILES string of the molecule is OCC1CCN1c1ccc(Br)cc1. The van der Waals surface area contributed by atoms with Crippen LogP contribution in [0.1, 0.15) is 6.42 Å². The third kappa shape index (κ3) is 1.71. The summed E-state index contributed by atoms with van der Waals surface area (Å²) in [6, 6.07) is 8.54. The Kier molecular flexibility index (Phi) is 2.56. The Labute approximate surface area is 86.3 Å². The van der Waals surface area contributed by atoms with Crippen molar-refractivity contribution in [3.63, 3.8) is 0 Å². The molecule has 2 nitrogen and oxygen atoms in total. The van der Waals surface area contributed by atoms with Gasteiger partial charge in [-0.15, -0.1) is 0 Å². The lowest BCUT2D eigenvalue weighted by molar-refractivity contribution is 0.226. The van der Waals surface area contributed by atoms with Gasteiger partial charge in [-0.05, 0) is 30.7 Å². The first-order valence-corrected chi connectivity index (χ1v) is 5.23. The molecule has 0 saturated carbocycles. The highest BCUT2D eigenvalue weighted by Crippen LogP contribution is 2.27. The summed E-state index contributed by atoms with van der Waals surface area (Å²) in [7, 11) is 0. The van der Waals surface area contributed by atoms with Crippen molar-refractivity contribution in [1.82, 2.24) is 0 Å². The molecule has 0 amide bonds. The number of halogens is 1. The summed E-state index contributed by atoms with van der Waals surface area (Å²) in [6.07, 6.45) is 1.10. The zero-order chi connectivity index (χ0) is 9.26. The smallest absolute Gasteiger partial charge is 0.0635 e. The van der Waals surface area contributed by atoms with Crippen molar-refractivity contribution in [1.29, 1.82) is 0 Å². The van der Waals surface area contributed by atoms with Crippen molar-refractivity contribution in [2.45, 2.75) is 12.5 Å². The molecule has 1 N–H and O–H groups in total. The van der Waals surface area contributed by atoms with Crippen LogP contribution >= 0.6 is 15.9 Å². The second kappa shape index (κ2) is 3.68. The van der Waals surface area contributed by atoms with Gasteiger partial charge in [-0.2, -0.15) is 0 Å². The van der Waals surface area contributed by atoms with E-state index in [9.17, 15) is 0 Å². The standard InChI is InChI=1S/C10H12BrNO/c11-8-1-3-9(4-2-8)12-6-5-10(12)7-13/h1-4,10,13H,5-7H2. The maximum Gasteiger partial charge on any atom is 0.0635 e. The van der Waals surface area contributed by atoms with Crippen molar-refractivity contribution in [3.05, 3.63) is 28.7 Å². The van der Waals surface area contributed by atoms with Crippen LogP contribution in [-0.2, 0) is 0 Å². The van der Waals surface area contributed by atoms with E-state index in [1.165, 1.54) is 5.69 Å². The minimum absolute atomic E-state index is 0.260. The highest BCUT2D eigenvalue weighted by atomic mass is 79.9. The van der Waals surface area contributed by atoms with E-state index in [-0.39, 0.29) is 6.61 Å². The Morgan fingerprint density at radius 2 is 2.08 bits per heavy atom. The van der Waals surface area contributed by atoms with Crippen LogP contribution in [0.15, 0.2) is 28.7 Å². The Morgan fingerprint density at radius 1 is 1.38 bits per heavy atom. The summed E-state index contributed by atoms with van der Waals surface area (Å²) in [5.41, 5.74) is 1.20. The minimum Gasteiger partial charge on any atom is -0.394 e. The maximum absolute atomic E-state index is 9.02. The number of benzene rings is 1. The first-order valence-electron chi connectivity index (χ1n) is 4.44. The van der Waals surface area contributed by atoms with Gasteiger partial charge in [0.15, 0.2) is 0 Å². The van der Waals surface area contributed by atoms with E-state index in [4.69, 9.17) is 5.11 Å². The van der Waals surface area contributed by atoms with E-state index in [0.29, 0.717) is 6.04 Å². The largest absolute Gasteiger partial charge is 0.394 e.